The van der Waals surface area contributed by atoms with Gasteiger partial charge in [-0.05, 0) is 19.3 Å². The Kier molecular flexibility index (Phi) is 2.92. The van der Waals surface area contributed by atoms with Gasteiger partial charge in [0.25, 0.3) is 0 Å². The number of aliphatic hydroxyl groups is 1. The topological polar surface area (TPSA) is 20.2 Å². The maximum absolute atomic E-state index is 9.38. The number of hydrogen-bond acceptors (Lipinski definition) is 1. The normalized spacial score (nSPS) is 17.4. The average molecular weight is 128 g/mol. The molecule has 0 aliphatic rings. The first-order valence-electron chi connectivity index (χ1n) is 3.34. The molecule has 0 aromatic heterocycles. The van der Waals surface area contributed by atoms with Crippen LogP contribution in [0.25, 0.3) is 0 Å². The minimum Gasteiger partial charge on any atom is -0.386 e. The third-order valence-corrected chi connectivity index (χ3v) is 1.26. The smallest absolute Gasteiger partial charge is 0.0799 e. The Morgan fingerprint density at radius 1 is 1.67 bits per heavy atom. The average Bonchev–Trinajstić information content (AvgIpc) is 1.63. The van der Waals surface area contributed by atoms with Crippen LogP contribution in [0.1, 0.15) is 27.2 Å². The van der Waals surface area contributed by atoms with Crippen molar-refractivity contribution in [1.82, 2.24) is 0 Å². The van der Waals surface area contributed by atoms with Crippen LogP contribution >= 0.6 is 0 Å². The van der Waals surface area contributed by atoms with Crippen LogP contribution in [-0.4, -0.2) is 10.7 Å². The predicted molar refractivity (Wildman–Crippen MR) is 40.3 cm³/mol. The molecule has 0 fully saturated rings. The predicted octanol–water partition coefficient (Wildman–Crippen LogP) is 1.97. The van der Waals surface area contributed by atoms with E-state index < -0.39 is 5.60 Å². The second-order valence-corrected chi connectivity index (χ2v) is 3.16. The third-order valence-electron chi connectivity index (χ3n) is 1.26. The first-order chi connectivity index (χ1) is 3.98. The van der Waals surface area contributed by atoms with Crippen LogP contribution in [0.2, 0.25) is 0 Å². The van der Waals surface area contributed by atoms with E-state index >= 15 is 0 Å². The van der Waals surface area contributed by atoms with Crippen molar-refractivity contribution in [2.24, 2.45) is 5.92 Å². The van der Waals surface area contributed by atoms with E-state index in [1.165, 1.54) is 0 Å². The lowest BCUT2D eigenvalue weighted by Crippen LogP contribution is -2.22. The molecule has 0 aliphatic heterocycles. The summed E-state index contributed by atoms with van der Waals surface area (Å²) < 4.78 is 0. The van der Waals surface area contributed by atoms with E-state index in [-0.39, 0.29) is 0 Å². The molecule has 0 saturated heterocycles. The highest BCUT2D eigenvalue weighted by Crippen LogP contribution is 2.16. The van der Waals surface area contributed by atoms with Crippen molar-refractivity contribution in [3.63, 3.8) is 0 Å². The van der Waals surface area contributed by atoms with Crippen LogP contribution in [0.3, 0.4) is 0 Å². The molecule has 0 aromatic rings. The molecule has 0 amide bonds. The Balaban J connectivity index is 3.71. The van der Waals surface area contributed by atoms with Gasteiger partial charge in [-0.2, -0.15) is 0 Å². The van der Waals surface area contributed by atoms with Crippen molar-refractivity contribution in [2.75, 3.05) is 0 Å². The molecular weight excluding hydrogens is 112 g/mol. The fourth-order valence-electron chi connectivity index (χ4n) is 0.910. The van der Waals surface area contributed by atoms with E-state index in [9.17, 15) is 5.11 Å². The number of hydrogen-bond donors (Lipinski definition) is 1. The first kappa shape index (κ1) is 8.70. The number of rotatable bonds is 3. The molecular formula is C8H16O. The van der Waals surface area contributed by atoms with Gasteiger partial charge >= 0.3 is 0 Å². The molecule has 1 nitrogen and oxygen atoms in total. The lowest BCUT2D eigenvalue weighted by molar-refractivity contribution is 0.0880. The van der Waals surface area contributed by atoms with Crippen LogP contribution in [-0.2, 0) is 0 Å². The molecule has 0 saturated carbocycles. The van der Waals surface area contributed by atoms with Gasteiger partial charge < -0.3 is 5.11 Å². The summed E-state index contributed by atoms with van der Waals surface area (Å²) in [7, 11) is 0. The molecule has 0 radical (unpaired) electrons. The quantitative estimate of drug-likeness (QED) is 0.576. The van der Waals surface area contributed by atoms with E-state index in [1.54, 1.807) is 13.0 Å². The molecule has 0 rings (SSSR count). The summed E-state index contributed by atoms with van der Waals surface area (Å²) in [4.78, 5) is 0. The minimum absolute atomic E-state index is 0.526. The zero-order valence-corrected chi connectivity index (χ0v) is 6.52. The van der Waals surface area contributed by atoms with Gasteiger partial charge in [-0.3, -0.25) is 0 Å². The summed E-state index contributed by atoms with van der Waals surface area (Å²) in [6.45, 7) is 9.48. The highest BCUT2D eigenvalue weighted by Gasteiger charge is 2.16. The summed E-state index contributed by atoms with van der Waals surface area (Å²) in [5, 5.41) is 9.38. The largest absolute Gasteiger partial charge is 0.386 e. The van der Waals surface area contributed by atoms with Crippen LogP contribution in [0.5, 0.6) is 0 Å². The Morgan fingerprint density at radius 3 is 2.22 bits per heavy atom. The molecule has 1 atom stereocenters. The molecule has 1 N–H and O–H groups in total. The van der Waals surface area contributed by atoms with Gasteiger partial charge in [0.05, 0.1) is 5.60 Å². The van der Waals surface area contributed by atoms with Crippen molar-refractivity contribution in [2.45, 2.75) is 32.8 Å². The lowest BCUT2D eigenvalue weighted by Gasteiger charge is -2.20. The standard InChI is InChI=1S/C8H16O/c1-5-8(4,9)6-7(2)3/h5,7,9H,1,6H2,2-4H3/t8-/m1/s1. The van der Waals surface area contributed by atoms with Gasteiger partial charge in [0, 0.05) is 0 Å². The van der Waals surface area contributed by atoms with Crippen molar-refractivity contribution in [1.29, 1.82) is 0 Å². The van der Waals surface area contributed by atoms with Gasteiger partial charge in [-0.25, -0.2) is 0 Å². The van der Waals surface area contributed by atoms with E-state index in [4.69, 9.17) is 0 Å². The highest BCUT2D eigenvalue weighted by molar-refractivity contribution is 4.91. The van der Waals surface area contributed by atoms with E-state index in [1.807, 2.05) is 0 Å². The van der Waals surface area contributed by atoms with Crippen LogP contribution in [0.4, 0.5) is 0 Å². The molecule has 0 aliphatic carbocycles. The maximum atomic E-state index is 9.38. The van der Waals surface area contributed by atoms with E-state index in [0.29, 0.717) is 5.92 Å². The molecule has 0 bridgehead atoms. The van der Waals surface area contributed by atoms with Crippen LogP contribution in [0.15, 0.2) is 12.7 Å². The third kappa shape index (κ3) is 4.22. The Labute approximate surface area is 57.4 Å². The lowest BCUT2D eigenvalue weighted by atomic mass is 9.95. The zero-order valence-electron chi connectivity index (χ0n) is 6.52. The summed E-state index contributed by atoms with van der Waals surface area (Å²) in [6, 6.07) is 0. The molecule has 0 heterocycles. The van der Waals surface area contributed by atoms with Crippen LogP contribution in [0, 0.1) is 5.92 Å². The van der Waals surface area contributed by atoms with Crippen molar-refractivity contribution >= 4 is 0 Å². The van der Waals surface area contributed by atoms with Gasteiger partial charge in [-0.1, -0.05) is 19.9 Å². The first-order valence-corrected chi connectivity index (χ1v) is 3.34. The van der Waals surface area contributed by atoms with Crippen molar-refractivity contribution in [3.8, 4) is 0 Å². The van der Waals surface area contributed by atoms with Gasteiger partial charge in [-0.15, -0.1) is 6.58 Å². The highest BCUT2D eigenvalue weighted by atomic mass is 16.3. The fourth-order valence-corrected chi connectivity index (χ4v) is 0.910. The summed E-state index contributed by atoms with van der Waals surface area (Å²) in [6.07, 6.45) is 2.38. The Bertz CT molecular complexity index is 92.7. The molecule has 9 heavy (non-hydrogen) atoms. The SMILES string of the molecule is C=C[C@@](C)(O)CC(C)C. The fraction of sp³-hybridized carbons (Fsp3) is 0.750. The maximum Gasteiger partial charge on any atom is 0.0799 e. The van der Waals surface area contributed by atoms with Crippen molar-refractivity contribution < 1.29 is 5.11 Å². The summed E-state index contributed by atoms with van der Waals surface area (Å²) in [5.74, 6) is 0.526. The van der Waals surface area contributed by atoms with Gasteiger partial charge in [0.2, 0.25) is 0 Å². The zero-order chi connectivity index (χ0) is 7.49. The molecule has 54 valence electrons. The van der Waals surface area contributed by atoms with Gasteiger partial charge in [0.1, 0.15) is 0 Å². The molecule has 0 aromatic carbocycles. The second-order valence-electron chi connectivity index (χ2n) is 3.16. The molecule has 1 heteroatoms. The second kappa shape index (κ2) is 3.02. The van der Waals surface area contributed by atoms with Crippen molar-refractivity contribution in [3.05, 3.63) is 12.7 Å². The molecule has 0 spiro atoms. The minimum atomic E-state index is -0.672. The van der Waals surface area contributed by atoms with Crippen LogP contribution < -0.4 is 0 Å². The Morgan fingerprint density at radius 2 is 2.11 bits per heavy atom. The summed E-state index contributed by atoms with van der Waals surface area (Å²) >= 11 is 0. The van der Waals surface area contributed by atoms with Gasteiger partial charge in [0.15, 0.2) is 0 Å². The van der Waals surface area contributed by atoms with E-state index in [0.717, 1.165) is 6.42 Å². The Hall–Kier alpha value is -0.300. The van der Waals surface area contributed by atoms with E-state index in [2.05, 4.69) is 20.4 Å². The monoisotopic (exact) mass is 128 g/mol. The molecule has 0 unspecified atom stereocenters. The summed E-state index contributed by atoms with van der Waals surface area (Å²) in [5.41, 5.74) is -0.672.